The van der Waals surface area contributed by atoms with E-state index in [0.717, 1.165) is 24.8 Å². The number of allylic oxidation sites excluding steroid dienone is 4. The molecule has 3 aliphatic carbocycles. The second-order valence-electron chi connectivity index (χ2n) is 8.18. The lowest BCUT2D eigenvalue weighted by molar-refractivity contribution is -0.130. The van der Waals surface area contributed by atoms with Gasteiger partial charge in [-0.1, -0.05) is 39.3 Å². The molecule has 0 unspecified atom stereocenters. The number of carbonyl (C=O) groups is 2. The van der Waals surface area contributed by atoms with Crippen LogP contribution in [0, 0.1) is 33.5 Å². The summed E-state index contributed by atoms with van der Waals surface area (Å²) in [7, 11) is 0. The molecule has 0 amide bonds. The topological polar surface area (TPSA) is 57.9 Å². The molecule has 3 heteroatoms. The molecule has 1 saturated carbocycles. The summed E-state index contributed by atoms with van der Waals surface area (Å²) in [6, 6.07) is 2.09. The van der Waals surface area contributed by atoms with Gasteiger partial charge in [-0.2, -0.15) is 5.26 Å². The minimum absolute atomic E-state index is 0.0205. The maximum Gasteiger partial charge on any atom is 0.178 e. The fraction of sp³-hybridized carbons (Fsp3) is 0.632. The van der Waals surface area contributed by atoms with E-state index >= 15 is 0 Å². The van der Waals surface area contributed by atoms with Crippen LogP contribution in [0.2, 0.25) is 0 Å². The van der Waals surface area contributed by atoms with Crippen LogP contribution in [0.3, 0.4) is 0 Å². The first-order valence-electron chi connectivity index (χ1n) is 8.08. The van der Waals surface area contributed by atoms with E-state index in [9.17, 15) is 14.9 Å². The Labute approximate surface area is 132 Å². The molecular weight excluding hydrogens is 274 g/mol. The van der Waals surface area contributed by atoms with E-state index in [1.54, 1.807) is 0 Å². The van der Waals surface area contributed by atoms with E-state index in [2.05, 4.69) is 19.9 Å². The van der Waals surface area contributed by atoms with Gasteiger partial charge in [0.15, 0.2) is 11.6 Å². The Hall–Kier alpha value is -1.69. The Morgan fingerprint density at radius 3 is 2.50 bits per heavy atom. The van der Waals surface area contributed by atoms with Crippen LogP contribution in [0.4, 0.5) is 0 Å². The van der Waals surface area contributed by atoms with Gasteiger partial charge in [-0.05, 0) is 36.7 Å². The first-order chi connectivity index (χ1) is 10.1. The maximum atomic E-state index is 12.6. The largest absolute Gasteiger partial charge is 0.295 e. The van der Waals surface area contributed by atoms with Crippen LogP contribution in [0.15, 0.2) is 23.3 Å². The molecule has 3 nitrogen and oxygen atoms in total. The van der Waals surface area contributed by atoms with Crippen molar-refractivity contribution >= 4 is 11.6 Å². The van der Waals surface area contributed by atoms with Crippen molar-refractivity contribution in [2.45, 2.75) is 53.4 Å². The van der Waals surface area contributed by atoms with Crippen LogP contribution in [0.5, 0.6) is 0 Å². The summed E-state index contributed by atoms with van der Waals surface area (Å²) in [6.07, 6.45) is 7.13. The molecule has 0 heterocycles. The van der Waals surface area contributed by atoms with E-state index in [0.29, 0.717) is 6.42 Å². The summed E-state index contributed by atoms with van der Waals surface area (Å²) in [5.41, 5.74) is 0.489. The third kappa shape index (κ3) is 1.79. The minimum atomic E-state index is -0.558. The molecule has 3 rings (SSSR count). The molecular formula is C19H23NO2. The summed E-state index contributed by atoms with van der Waals surface area (Å²) in [5, 5.41) is 9.39. The molecule has 0 aromatic heterocycles. The SMILES string of the molecule is CC1(C)C(=O)C(C#N)=C[C@]2(C)C3=CC(=O)CC[C@]3(C)CC[C@@H]12. The molecule has 0 radical (unpaired) electrons. The normalized spacial score (nSPS) is 40.0. The first kappa shape index (κ1) is 15.2. The van der Waals surface area contributed by atoms with Crippen LogP contribution in [-0.4, -0.2) is 11.6 Å². The van der Waals surface area contributed by atoms with E-state index in [4.69, 9.17) is 0 Å². The highest BCUT2D eigenvalue weighted by Gasteiger charge is 2.58. The smallest absolute Gasteiger partial charge is 0.178 e. The molecule has 0 bridgehead atoms. The number of rotatable bonds is 0. The summed E-state index contributed by atoms with van der Waals surface area (Å²) in [5.74, 6) is 0.273. The average molecular weight is 297 g/mol. The lowest BCUT2D eigenvalue weighted by atomic mass is 9.45. The highest BCUT2D eigenvalue weighted by atomic mass is 16.1. The second-order valence-corrected chi connectivity index (χ2v) is 8.18. The van der Waals surface area contributed by atoms with Gasteiger partial charge in [0.25, 0.3) is 0 Å². The fourth-order valence-corrected chi connectivity index (χ4v) is 5.20. The van der Waals surface area contributed by atoms with Crippen molar-refractivity contribution in [3.63, 3.8) is 0 Å². The predicted molar refractivity (Wildman–Crippen MR) is 83.7 cm³/mol. The zero-order valence-electron chi connectivity index (χ0n) is 13.8. The third-order valence-electron chi connectivity index (χ3n) is 6.43. The van der Waals surface area contributed by atoms with Crippen LogP contribution in [-0.2, 0) is 9.59 Å². The summed E-state index contributed by atoms with van der Waals surface area (Å²) < 4.78 is 0. The monoisotopic (exact) mass is 297 g/mol. The summed E-state index contributed by atoms with van der Waals surface area (Å²) >= 11 is 0. The number of carbonyl (C=O) groups excluding carboxylic acids is 2. The number of hydrogen-bond donors (Lipinski definition) is 0. The Balaban J connectivity index is 2.25. The van der Waals surface area contributed by atoms with Crippen molar-refractivity contribution < 1.29 is 9.59 Å². The van der Waals surface area contributed by atoms with Crippen LogP contribution < -0.4 is 0 Å². The van der Waals surface area contributed by atoms with Gasteiger partial charge in [0.1, 0.15) is 6.07 Å². The number of hydrogen-bond acceptors (Lipinski definition) is 3. The van der Waals surface area contributed by atoms with Crippen molar-refractivity contribution in [1.82, 2.24) is 0 Å². The van der Waals surface area contributed by atoms with E-state index in [1.165, 1.54) is 0 Å². The first-order valence-corrected chi connectivity index (χ1v) is 8.08. The predicted octanol–water partition coefficient (Wildman–Crippen LogP) is 3.76. The zero-order valence-corrected chi connectivity index (χ0v) is 13.8. The highest BCUT2D eigenvalue weighted by Crippen LogP contribution is 2.63. The van der Waals surface area contributed by atoms with Gasteiger partial charge < -0.3 is 0 Å². The summed E-state index contributed by atoms with van der Waals surface area (Å²) in [6.45, 7) is 8.26. The number of fused-ring (bicyclic) bond motifs is 3. The minimum Gasteiger partial charge on any atom is -0.295 e. The van der Waals surface area contributed by atoms with Crippen LogP contribution in [0.25, 0.3) is 0 Å². The molecule has 1 fully saturated rings. The molecule has 0 aliphatic heterocycles. The van der Waals surface area contributed by atoms with Crippen molar-refractivity contribution in [2.24, 2.45) is 22.2 Å². The quantitative estimate of drug-likeness (QED) is 0.684. The molecule has 0 aromatic rings. The van der Waals surface area contributed by atoms with E-state index in [-0.39, 0.29) is 33.9 Å². The molecule has 0 N–H and O–H groups in total. The molecule has 0 saturated heterocycles. The maximum absolute atomic E-state index is 12.6. The molecule has 3 atom stereocenters. The standard InChI is InChI=1S/C19H23NO2/c1-17(2)14-6-8-18(3)7-5-13(21)9-15(18)19(14,4)10-12(11-20)16(17)22/h9-10,14H,5-8H2,1-4H3/t14-,18+,19-/m0/s1. The number of nitrogens with zero attached hydrogens (tertiary/aromatic N) is 1. The van der Waals surface area contributed by atoms with Crippen LogP contribution >= 0.6 is 0 Å². The Kier molecular flexibility index (Phi) is 3.05. The lowest BCUT2D eigenvalue weighted by Crippen LogP contribution is -2.53. The van der Waals surface area contributed by atoms with E-state index in [1.807, 2.05) is 26.0 Å². The van der Waals surface area contributed by atoms with Crippen LogP contribution in [0.1, 0.15) is 53.4 Å². The van der Waals surface area contributed by atoms with Crippen molar-refractivity contribution in [1.29, 1.82) is 5.26 Å². The van der Waals surface area contributed by atoms with Gasteiger partial charge in [-0.25, -0.2) is 0 Å². The molecule has 0 aromatic carbocycles. The fourth-order valence-electron chi connectivity index (χ4n) is 5.20. The van der Waals surface area contributed by atoms with Crippen molar-refractivity contribution in [3.05, 3.63) is 23.3 Å². The third-order valence-corrected chi connectivity index (χ3v) is 6.43. The lowest BCUT2D eigenvalue weighted by Gasteiger charge is -2.57. The van der Waals surface area contributed by atoms with E-state index < -0.39 is 5.41 Å². The summed E-state index contributed by atoms with van der Waals surface area (Å²) in [4.78, 5) is 24.6. The van der Waals surface area contributed by atoms with Crippen molar-refractivity contribution in [2.75, 3.05) is 0 Å². The Bertz CT molecular complexity index is 676. The highest BCUT2D eigenvalue weighted by molar-refractivity contribution is 6.04. The van der Waals surface area contributed by atoms with Gasteiger partial charge in [0.2, 0.25) is 0 Å². The average Bonchev–Trinajstić information content (AvgIpc) is 2.45. The number of Topliss-reactive ketones (excluding diaryl/α,β-unsaturated/α-hetero) is 1. The molecule has 0 spiro atoms. The van der Waals surface area contributed by atoms with Gasteiger partial charge >= 0.3 is 0 Å². The Morgan fingerprint density at radius 1 is 1.18 bits per heavy atom. The zero-order chi connectivity index (χ0) is 16.3. The van der Waals surface area contributed by atoms with Crippen molar-refractivity contribution in [3.8, 4) is 6.07 Å². The van der Waals surface area contributed by atoms with Gasteiger partial charge in [-0.3, -0.25) is 9.59 Å². The van der Waals surface area contributed by atoms with Gasteiger partial charge in [0, 0.05) is 17.3 Å². The van der Waals surface area contributed by atoms with Gasteiger partial charge in [-0.15, -0.1) is 0 Å². The molecule has 22 heavy (non-hydrogen) atoms. The number of ketones is 2. The molecule has 3 aliphatic rings. The van der Waals surface area contributed by atoms with Gasteiger partial charge in [0.05, 0.1) is 5.57 Å². The Morgan fingerprint density at radius 2 is 1.86 bits per heavy atom. The second kappa shape index (κ2) is 4.41. The number of nitriles is 1. The molecule has 116 valence electrons.